The van der Waals surface area contributed by atoms with Crippen molar-refractivity contribution < 1.29 is 13.2 Å². The lowest BCUT2D eigenvalue weighted by atomic mass is 9.85. The first-order chi connectivity index (χ1) is 9.55. The molecule has 2 aliphatic rings. The SMILES string of the molecule is NCC1(NS(=O)(=O)CC2CCCO2)CCCCCCC1. The van der Waals surface area contributed by atoms with Gasteiger partial charge in [-0.1, -0.05) is 32.1 Å². The molecule has 1 aliphatic carbocycles. The van der Waals surface area contributed by atoms with Gasteiger partial charge >= 0.3 is 0 Å². The lowest BCUT2D eigenvalue weighted by Gasteiger charge is -2.35. The van der Waals surface area contributed by atoms with Gasteiger partial charge in [-0.25, -0.2) is 13.1 Å². The molecule has 1 aliphatic heterocycles. The zero-order chi connectivity index (χ0) is 14.5. The van der Waals surface area contributed by atoms with Gasteiger partial charge in [0.1, 0.15) is 0 Å². The molecule has 1 unspecified atom stereocenters. The summed E-state index contributed by atoms with van der Waals surface area (Å²) in [5, 5.41) is 0. The molecule has 2 fully saturated rings. The summed E-state index contributed by atoms with van der Waals surface area (Å²) in [5.74, 6) is 0.0781. The van der Waals surface area contributed by atoms with Crippen LogP contribution in [0.4, 0.5) is 0 Å². The Balaban J connectivity index is 1.98. The summed E-state index contributed by atoms with van der Waals surface area (Å²) in [5.41, 5.74) is 5.48. The third-order valence-electron chi connectivity index (χ3n) is 4.50. The second kappa shape index (κ2) is 7.20. The first-order valence-electron chi connectivity index (χ1n) is 7.89. The summed E-state index contributed by atoms with van der Waals surface area (Å²) in [4.78, 5) is 0. The maximum absolute atomic E-state index is 12.4. The molecule has 1 atom stereocenters. The van der Waals surface area contributed by atoms with Crippen LogP contribution < -0.4 is 10.5 Å². The highest BCUT2D eigenvalue weighted by molar-refractivity contribution is 7.89. The largest absolute Gasteiger partial charge is 0.377 e. The van der Waals surface area contributed by atoms with E-state index in [1.54, 1.807) is 0 Å². The van der Waals surface area contributed by atoms with Gasteiger partial charge in [0.05, 0.1) is 11.9 Å². The molecule has 0 aromatic rings. The smallest absolute Gasteiger partial charge is 0.214 e. The van der Waals surface area contributed by atoms with Crippen molar-refractivity contribution in [2.45, 2.75) is 69.4 Å². The minimum Gasteiger partial charge on any atom is -0.377 e. The van der Waals surface area contributed by atoms with Crippen LogP contribution in [0.1, 0.15) is 57.8 Å². The van der Waals surface area contributed by atoms with Crippen molar-refractivity contribution in [3.63, 3.8) is 0 Å². The first kappa shape index (κ1) is 16.2. The van der Waals surface area contributed by atoms with E-state index in [-0.39, 0.29) is 11.9 Å². The Morgan fingerprint density at radius 2 is 1.75 bits per heavy atom. The van der Waals surface area contributed by atoms with Crippen LogP contribution in [0.5, 0.6) is 0 Å². The summed E-state index contributed by atoms with van der Waals surface area (Å²) in [7, 11) is -3.32. The molecule has 5 nitrogen and oxygen atoms in total. The number of hydrogen-bond acceptors (Lipinski definition) is 4. The van der Waals surface area contributed by atoms with Crippen LogP contribution in [0, 0.1) is 0 Å². The molecule has 20 heavy (non-hydrogen) atoms. The van der Waals surface area contributed by atoms with Crippen LogP contribution in [0.2, 0.25) is 0 Å². The van der Waals surface area contributed by atoms with E-state index in [2.05, 4.69) is 4.72 Å². The zero-order valence-corrected chi connectivity index (χ0v) is 13.1. The van der Waals surface area contributed by atoms with Gasteiger partial charge in [0, 0.05) is 18.7 Å². The molecule has 1 saturated carbocycles. The highest BCUT2D eigenvalue weighted by atomic mass is 32.2. The molecule has 3 N–H and O–H groups in total. The van der Waals surface area contributed by atoms with E-state index in [0.29, 0.717) is 13.2 Å². The monoisotopic (exact) mass is 304 g/mol. The fourth-order valence-electron chi connectivity index (χ4n) is 3.32. The van der Waals surface area contributed by atoms with Crippen molar-refractivity contribution in [3.05, 3.63) is 0 Å². The topological polar surface area (TPSA) is 81.4 Å². The standard InChI is InChI=1S/C14H28N2O3S/c15-12-14(8-4-2-1-3-5-9-14)16-20(17,18)11-13-7-6-10-19-13/h13,16H,1-12,15H2. The molecule has 0 spiro atoms. The van der Waals surface area contributed by atoms with Crippen molar-refractivity contribution >= 4 is 10.0 Å². The van der Waals surface area contributed by atoms with Crippen molar-refractivity contribution in [3.8, 4) is 0 Å². The summed E-state index contributed by atoms with van der Waals surface area (Å²) in [6.45, 7) is 1.07. The van der Waals surface area contributed by atoms with Crippen LogP contribution in [-0.2, 0) is 14.8 Å². The van der Waals surface area contributed by atoms with Crippen LogP contribution in [0.15, 0.2) is 0 Å². The highest BCUT2D eigenvalue weighted by Gasteiger charge is 2.34. The van der Waals surface area contributed by atoms with Crippen LogP contribution in [0.25, 0.3) is 0 Å². The van der Waals surface area contributed by atoms with E-state index < -0.39 is 15.6 Å². The maximum atomic E-state index is 12.4. The fourth-order valence-corrected chi connectivity index (χ4v) is 5.10. The third-order valence-corrected chi connectivity index (χ3v) is 6.06. The van der Waals surface area contributed by atoms with Gasteiger partial charge in [-0.2, -0.15) is 0 Å². The molecule has 0 aromatic carbocycles. The number of hydrogen-bond donors (Lipinski definition) is 2. The number of rotatable bonds is 5. The summed E-state index contributed by atoms with van der Waals surface area (Å²) < 4.78 is 33.1. The van der Waals surface area contributed by atoms with Gasteiger partial charge in [0.25, 0.3) is 0 Å². The first-order valence-corrected chi connectivity index (χ1v) is 9.54. The van der Waals surface area contributed by atoms with E-state index >= 15 is 0 Å². The van der Waals surface area contributed by atoms with Gasteiger partial charge < -0.3 is 10.5 Å². The van der Waals surface area contributed by atoms with Gasteiger partial charge in [-0.05, 0) is 25.7 Å². The molecular formula is C14H28N2O3S. The predicted molar refractivity (Wildman–Crippen MR) is 80.0 cm³/mol. The lowest BCUT2D eigenvalue weighted by molar-refractivity contribution is 0.127. The summed E-state index contributed by atoms with van der Waals surface area (Å²) in [6.07, 6.45) is 9.09. The Bertz CT molecular complexity index is 383. The van der Waals surface area contributed by atoms with Crippen LogP contribution in [-0.4, -0.2) is 39.0 Å². The summed E-state index contributed by atoms with van der Waals surface area (Å²) >= 11 is 0. The Kier molecular flexibility index (Phi) is 5.84. The molecule has 6 heteroatoms. The molecule has 0 amide bonds. The van der Waals surface area contributed by atoms with Crippen molar-refractivity contribution in [2.24, 2.45) is 5.73 Å². The molecule has 118 valence electrons. The van der Waals surface area contributed by atoms with Gasteiger partial charge in [0.15, 0.2) is 0 Å². The van der Waals surface area contributed by atoms with Crippen molar-refractivity contribution in [1.82, 2.24) is 4.72 Å². The fraction of sp³-hybridized carbons (Fsp3) is 1.00. The molecule has 1 heterocycles. The lowest BCUT2D eigenvalue weighted by Crippen LogP contribution is -2.55. The second-order valence-corrected chi connectivity index (χ2v) is 8.04. The third kappa shape index (κ3) is 4.69. The van der Waals surface area contributed by atoms with Crippen LogP contribution >= 0.6 is 0 Å². The average molecular weight is 304 g/mol. The van der Waals surface area contributed by atoms with Crippen molar-refractivity contribution in [2.75, 3.05) is 18.9 Å². The number of nitrogens with one attached hydrogen (secondary N) is 1. The van der Waals surface area contributed by atoms with Gasteiger partial charge in [-0.3, -0.25) is 0 Å². The minimum absolute atomic E-state index is 0.0781. The molecule has 2 rings (SSSR count). The van der Waals surface area contributed by atoms with Gasteiger partial charge in [0.2, 0.25) is 10.0 Å². The number of ether oxygens (including phenoxy) is 1. The van der Waals surface area contributed by atoms with E-state index in [1.165, 1.54) is 19.3 Å². The number of nitrogens with two attached hydrogens (primary N) is 1. The molecule has 0 bridgehead atoms. The Morgan fingerprint density at radius 1 is 1.10 bits per heavy atom. The molecular weight excluding hydrogens is 276 g/mol. The van der Waals surface area contributed by atoms with E-state index in [9.17, 15) is 8.42 Å². The molecule has 0 aromatic heterocycles. The quantitative estimate of drug-likeness (QED) is 0.807. The normalized spacial score (nSPS) is 27.9. The zero-order valence-electron chi connectivity index (χ0n) is 12.3. The number of sulfonamides is 1. The molecule has 0 radical (unpaired) electrons. The summed E-state index contributed by atoms with van der Waals surface area (Å²) in [6, 6.07) is 0. The van der Waals surface area contributed by atoms with E-state index in [1.807, 2.05) is 0 Å². The van der Waals surface area contributed by atoms with Crippen LogP contribution in [0.3, 0.4) is 0 Å². The Morgan fingerprint density at radius 3 is 2.30 bits per heavy atom. The second-order valence-electron chi connectivity index (χ2n) is 6.27. The minimum atomic E-state index is -3.32. The van der Waals surface area contributed by atoms with E-state index in [4.69, 9.17) is 10.5 Å². The maximum Gasteiger partial charge on any atom is 0.214 e. The Hall–Kier alpha value is -0.170. The predicted octanol–water partition coefficient (Wildman–Crippen LogP) is 1.53. The van der Waals surface area contributed by atoms with Crippen molar-refractivity contribution in [1.29, 1.82) is 0 Å². The Labute approximate surface area is 122 Å². The van der Waals surface area contributed by atoms with E-state index in [0.717, 1.165) is 38.5 Å². The van der Waals surface area contributed by atoms with Gasteiger partial charge in [-0.15, -0.1) is 0 Å². The highest BCUT2D eigenvalue weighted by Crippen LogP contribution is 2.27. The average Bonchev–Trinajstić information content (AvgIpc) is 2.84. The molecule has 1 saturated heterocycles.